The summed E-state index contributed by atoms with van der Waals surface area (Å²) in [6.45, 7) is 2.14. The number of anilines is 1. The number of aliphatic imine (C=N–C) groups is 1. The predicted octanol–water partition coefficient (Wildman–Crippen LogP) is 7.07. The number of rotatable bonds is 7. The van der Waals surface area contributed by atoms with Crippen LogP contribution >= 0.6 is 34.2 Å². The topological polar surface area (TPSA) is 24.4 Å². The van der Waals surface area contributed by atoms with Crippen molar-refractivity contribution in [1.29, 1.82) is 0 Å². The molecular formula is C20H20ClIN2. The van der Waals surface area contributed by atoms with Crippen LogP contribution in [-0.2, 0) is 0 Å². The Bertz CT molecular complexity index is 722. The molecule has 4 heteroatoms. The standard InChI is InChI=1S/C20H20ClIN2/c1-2-9-16(14-23-17-10-5-3-6-11-17)20(21)19(22)15-24-18-12-7-4-8-13-18/h3-8,10-15,24H,2,9H2,1H3/b19-15-,20-16-,23-14?. The van der Waals surface area contributed by atoms with Crippen LogP contribution in [0.4, 0.5) is 11.4 Å². The van der Waals surface area contributed by atoms with Crippen molar-refractivity contribution in [3.63, 3.8) is 0 Å². The Morgan fingerprint density at radius 1 is 1.08 bits per heavy atom. The van der Waals surface area contributed by atoms with Gasteiger partial charge < -0.3 is 5.32 Å². The maximum atomic E-state index is 6.58. The summed E-state index contributed by atoms with van der Waals surface area (Å²) in [4.78, 5) is 4.53. The second-order valence-electron chi connectivity index (χ2n) is 5.19. The highest BCUT2D eigenvalue weighted by atomic mass is 127. The van der Waals surface area contributed by atoms with E-state index in [0.717, 1.165) is 38.4 Å². The number of allylic oxidation sites excluding steroid dienone is 3. The van der Waals surface area contributed by atoms with E-state index in [1.807, 2.05) is 73.1 Å². The van der Waals surface area contributed by atoms with Crippen molar-refractivity contribution < 1.29 is 0 Å². The van der Waals surface area contributed by atoms with Crippen molar-refractivity contribution in [2.75, 3.05) is 5.32 Å². The minimum Gasteiger partial charge on any atom is -0.361 e. The van der Waals surface area contributed by atoms with Crippen LogP contribution in [0.3, 0.4) is 0 Å². The molecule has 2 aromatic carbocycles. The number of hydrogen-bond donors (Lipinski definition) is 1. The van der Waals surface area contributed by atoms with Gasteiger partial charge in [0.15, 0.2) is 0 Å². The molecule has 2 rings (SSSR count). The van der Waals surface area contributed by atoms with Gasteiger partial charge in [0, 0.05) is 21.7 Å². The fraction of sp³-hybridized carbons (Fsp3) is 0.150. The molecule has 0 saturated heterocycles. The summed E-state index contributed by atoms with van der Waals surface area (Å²) in [7, 11) is 0. The molecule has 0 aliphatic carbocycles. The van der Waals surface area contributed by atoms with Gasteiger partial charge in [0.25, 0.3) is 0 Å². The summed E-state index contributed by atoms with van der Waals surface area (Å²) in [6.07, 6.45) is 5.70. The fourth-order valence-corrected chi connectivity index (χ4v) is 2.76. The summed E-state index contributed by atoms with van der Waals surface area (Å²) >= 11 is 8.83. The number of nitrogens with one attached hydrogen (secondary N) is 1. The first kappa shape index (κ1) is 18.7. The van der Waals surface area contributed by atoms with Gasteiger partial charge in [-0.2, -0.15) is 0 Å². The molecule has 124 valence electrons. The maximum Gasteiger partial charge on any atom is 0.0629 e. The van der Waals surface area contributed by atoms with E-state index in [9.17, 15) is 0 Å². The summed E-state index contributed by atoms with van der Waals surface area (Å²) in [5.41, 5.74) is 3.00. The second-order valence-corrected chi connectivity index (χ2v) is 6.73. The van der Waals surface area contributed by atoms with Crippen molar-refractivity contribution in [2.45, 2.75) is 19.8 Å². The lowest BCUT2D eigenvalue weighted by molar-refractivity contribution is 0.937. The number of para-hydroxylation sites is 2. The Balaban J connectivity index is 2.17. The molecule has 2 nitrogen and oxygen atoms in total. The number of benzene rings is 2. The highest BCUT2D eigenvalue weighted by molar-refractivity contribution is 14.1. The van der Waals surface area contributed by atoms with Gasteiger partial charge >= 0.3 is 0 Å². The Morgan fingerprint density at radius 3 is 2.33 bits per heavy atom. The summed E-state index contributed by atoms with van der Waals surface area (Å²) in [6, 6.07) is 19.9. The van der Waals surface area contributed by atoms with Crippen molar-refractivity contribution in [3.05, 3.63) is 81.0 Å². The molecule has 0 aliphatic heterocycles. The van der Waals surface area contributed by atoms with Crippen LogP contribution in [0.1, 0.15) is 19.8 Å². The molecule has 0 radical (unpaired) electrons. The minimum atomic E-state index is 0.737. The fourth-order valence-electron chi connectivity index (χ4n) is 2.06. The van der Waals surface area contributed by atoms with Gasteiger partial charge in [0.1, 0.15) is 0 Å². The number of halogens is 2. The molecule has 24 heavy (non-hydrogen) atoms. The highest BCUT2D eigenvalue weighted by Crippen LogP contribution is 2.27. The molecule has 0 heterocycles. The molecule has 0 bridgehead atoms. The first-order valence-corrected chi connectivity index (χ1v) is 9.31. The lowest BCUT2D eigenvalue weighted by Crippen LogP contribution is -1.93. The van der Waals surface area contributed by atoms with Crippen molar-refractivity contribution in [3.8, 4) is 0 Å². The van der Waals surface area contributed by atoms with Crippen LogP contribution in [-0.4, -0.2) is 6.21 Å². The zero-order valence-electron chi connectivity index (χ0n) is 13.5. The van der Waals surface area contributed by atoms with E-state index in [4.69, 9.17) is 11.6 Å². The van der Waals surface area contributed by atoms with Crippen LogP contribution in [0.2, 0.25) is 0 Å². The first-order valence-electron chi connectivity index (χ1n) is 7.86. The highest BCUT2D eigenvalue weighted by Gasteiger charge is 2.06. The normalized spacial score (nSPS) is 13.0. The molecule has 0 spiro atoms. The quantitative estimate of drug-likeness (QED) is 0.272. The van der Waals surface area contributed by atoms with E-state index in [1.165, 1.54) is 0 Å². The average molecular weight is 451 g/mol. The average Bonchev–Trinajstić information content (AvgIpc) is 2.64. The molecule has 0 unspecified atom stereocenters. The van der Waals surface area contributed by atoms with E-state index in [2.05, 4.69) is 39.8 Å². The Morgan fingerprint density at radius 2 is 1.71 bits per heavy atom. The van der Waals surface area contributed by atoms with Gasteiger partial charge in [-0.05, 0) is 58.9 Å². The zero-order valence-corrected chi connectivity index (χ0v) is 16.5. The van der Waals surface area contributed by atoms with Crippen molar-refractivity contribution in [1.82, 2.24) is 0 Å². The SMILES string of the molecule is CCC/C(C=Nc1ccccc1)=C(Cl)\C(I)=C\Nc1ccccc1. The van der Waals surface area contributed by atoms with Gasteiger partial charge in [-0.15, -0.1) is 0 Å². The van der Waals surface area contributed by atoms with Crippen LogP contribution in [0.5, 0.6) is 0 Å². The molecule has 1 N–H and O–H groups in total. The third kappa shape index (κ3) is 6.13. The van der Waals surface area contributed by atoms with E-state index < -0.39 is 0 Å². The Kier molecular flexibility index (Phi) is 8.05. The Labute approximate surface area is 162 Å². The van der Waals surface area contributed by atoms with Gasteiger partial charge in [-0.3, -0.25) is 4.99 Å². The summed E-state index contributed by atoms with van der Waals surface area (Å²) < 4.78 is 0.959. The molecule has 2 aromatic rings. The lowest BCUT2D eigenvalue weighted by atomic mass is 10.1. The van der Waals surface area contributed by atoms with Gasteiger partial charge in [-0.1, -0.05) is 61.3 Å². The first-order chi connectivity index (χ1) is 11.7. The van der Waals surface area contributed by atoms with Crippen LogP contribution in [0.15, 0.2) is 86.0 Å². The Hall–Kier alpha value is -1.59. The predicted molar refractivity (Wildman–Crippen MR) is 115 cm³/mol. The smallest absolute Gasteiger partial charge is 0.0629 e. The van der Waals surface area contributed by atoms with Crippen LogP contribution in [0.25, 0.3) is 0 Å². The van der Waals surface area contributed by atoms with E-state index in [0.29, 0.717) is 0 Å². The van der Waals surface area contributed by atoms with E-state index >= 15 is 0 Å². The number of hydrogen-bond acceptors (Lipinski definition) is 2. The van der Waals surface area contributed by atoms with E-state index in [-0.39, 0.29) is 0 Å². The minimum absolute atomic E-state index is 0.737. The summed E-state index contributed by atoms with van der Waals surface area (Å²) in [5.74, 6) is 0. The van der Waals surface area contributed by atoms with Crippen molar-refractivity contribution >= 4 is 51.8 Å². The molecule has 0 fully saturated rings. The monoisotopic (exact) mass is 450 g/mol. The molecular weight excluding hydrogens is 431 g/mol. The number of nitrogens with zero attached hydrogens (tertiary/aromatic N) is 1. The zero-order chi connectivity index (χ0) is 17.2. The largest absolute Gasteiger partial charge is 0.361 e. The summed E-state index contributed by atoms with van der Waals surface area (Å²) in [5, 5.41) is 4.00. The lowest BCUT2D eigenvalue weighted by Gasteiger charge is -2.06. The molecule has 0 aromatic heterocycles. The van der Waals surface area contributed by atoms with Gasteiger partial charge in [0.2, 0.25) is 0 Å². The maximum absolute atomic E-state index is 6.58. The molecule has 0 saturated carbocycles. The van der Waals surface area contributed by atoms with Gasteiger partial charge in [-0.25, -0.2) is 0 Å². The van der Waals surface area contributed by atoms with Crippen molar-refractivity contribution in [2.24, 2.45) is 4.99 Å². The third-order valence-electron chi connectivity index (χ3n) is 3.28. The molecule has 0 aliphatic rings. The van der Waals surface area contributed by atoms with Crippen LogP contribution in [0, 0.1) is 0 Å². The van der Waals surface area contributed by atoms with Crippen LogP contribution < -0.4 is 5.32 Å². The molecule has 0 amide bonds. The molecule has 0 atom stereocenters. The van der Waals surface area contributed by atoms with Gasteiger partial charge in [0.05, 0.1) is 10.7 Å². The second kappa shape index (κ2) is 10.3. The van der Waals surface area contributed by atoms with E-state index in [1.54, 1.807) is 0 Å². The third-order valence-corrected chi connectivity index (χ3v) is 4.89.